The van der Waals surface area contributed by atoms with E-state index in [2.05, 4.69) is 32.6 Å². The first-order valence-electron chi connectivity index (χ1n) is 8.11. The Hall–Kier alpha value is -0.740. The maximum Gasteiger partial charge on any atom is 0.142 e. The summed E-state index contributed by atoms with van der Waals surface area (Å²) in [5.74, 6) is 1.67. The topological polar surface area (TPSA) is 33.3 Å². The van der Waals surface area contributed by atoms with Crippen LogP contribution in [0.3, 0.4) is 0 Å². The van der Waals surface area contributed by atoms with Gasteiger partial charge in [-0.2, -0.15) is 0 Å². The van der Waals surface area contributed by atoms with Crippen molar-refractivity contribution in [2.45, 2.75) is 50.6 Å². The Morgan fingerprint density at radius 3 is 2.81 bits per heavy atom. The van der Waals surface area contributed by atoms with Crippen molar-refractivity contribution in [3.63, 3.8) is 0 Å². The van der Waals surface area contributed by atoms with E-state index in [4.69, 9.17) is 4.74 Å². The van der Waals surface area contributed by atoms with Crippen LogP contribution in [-0.2, 0) is 0 Å². The van der Waals surface area contributed by atoms with Crippen molar-refractivity contribution in [2.75, 3.05) is 19.0 Å². The number of halogens is 1. The summed E-state index contributed by atoms with van der Waals surface area (Å²) < 4.78 is 6.60. The molecule has 0 bridgehead atoms. The highest BCUT2D eigenvalue weighted by atomic mass is 79.9. The average Bonchev–Trinajstić information content (AvgIpc) is 3.02. The molecule has 2 fully saturated rings. The number of ether oxygens (including phenoxy) is 1. The van der Waals surface area contributed by atoms with Gasteiger partial charge in [0.15, 0.2) is 0 Å². The van der Waals surface area contributed by atoms with E-state index in [1.165, 1.54) is 45.1 Å². The van der Waals surface area contributed by atoms with Gasteiger partial charge in [0, 0.05) is 16.6 Å². The summed E-state index contributed by atoms with van der Waals surface area (Å²) in [7, 11) is 1.74. The highest BCUT2D eigenvalue weighted by Crippen LogP contribution is 2.35. The summed E-state index contributed by atoms with van der Waals surface area (Å²) in [6.45, 7) is 1.19. The van der Waals surface area contributed by atoms with E-state index in [1.807, 2.05) is 12.1 Å². The lowest BCUT2D eigenvalue weighted by Crippen LogP contribution is -2.43. The molecule has 21 heavy (non-hydrogen) atoms. The second-order valence-corrected chi connectivity index (χ2v) is 7.16. The minimum absolute atomic E-state index is 0.553. The second kappa shape index (κ2) is 7.01. The quantitative estimate of drug-likeness (QED) is 0.852. The Morgan fingerprint density at radius 2 is 2.05 bits per heavy atom. The van der Waals surface area contributed by atoms with Gasteiger partial charge in [0.25, 0.3) is 0 Å². The normalized spacial score (nSPS) is 29.3. The Balaban J connectivity index is 1.76. The van der Waals surface area contributed by atoms with Crippen molar-refractivity contribution in [1.82, 2.24) is 5.32 Å². The summed E-state index contributed by atoms with van der Waals surface area (Å²) in [5, 5.41) is 7.47. The largest absolute Gasteiger partial charge is 0.495 e. The molecule has 1 aromatic carbocycles. The SMILES string of the molecule is COc1ccc(Br)cc1NC1CCCCC1C1CCCN1. The summed E-state index contributed by atoms with van der Waals surface area (Å²) in [6.07, 6.45) is 7.96. The van der Waals surface area contributed by atoms with E-state index in [0.29, 0.717) is 12.1 Å². The number of methoxy groups -OCH3 is 1. The molecule has 3 nitrogen and oxygen atoms in total. The Labute approximate surface area is 136 Å². The fraction of sp³-hybridized carbons (Fsp3) is 0.647. The molecule has 0 spiro atoms. The number of anilines is 1. The number of hydrogen-bond donors (Lipinski definition) is 2. The zero-order chi connectivity index (χ0) is 14.7. The zero-order valence-corrected chi connectivity index (χ0v) is 14.3. The van der Waals surface area contributed by atoms with E-state index in [-0.39, 0.29) is 0 Å². The minimum Gasteiger partial charge on any atom is -0.495 e. The van der Waals surface area contributed by atoms with Crippen molar-refractivity contribution in [1.29, 1.82) is 0 Å². The molecule has 0 aromatic heterocycles. The van der Waals surface area contributed by atoms with Gasteiger partial charge in [-0.05, 0) is 56.3 Å². The molecule has 3 rings (SSSR count). The fourth-order valence-corrected chi connectivity index (χ4v) is 4.25. The lowest BCUT2D eigenvalue weighted by atomic mass is 9.79. The highest BCUT2D eigenvalue weighted by Gasteiger charge is 2.33. The van der Waals surface area contributed by atoms with Crippen LogP contribution in [0.25, 0.3) is 0 Å². The van der Waals surface area contributed by atoms with Crippen LogP contribution in [0.4, 0.5) is 5.69 Å². The van der Waals surface area contributed by atoms with Gasteiger partial charge < -0.3 is 15.4 Å². The first-order valence-corrected chi connectivity index (χ1v) is 8.90. The average molecular weight is 353 g/mol. The lowest BCUT2D eigenvalue weighted by Gasteiger charge is -2.37. The molecule has 116 valence electrons. The van der Waals surface area contributed by atoms with Crippen LogP contribution in [0.1, 0.15) is 38.5 Å². The second-order valence-electron chi connectivity index (χ2n) is 6.25. The summed E-state index contributed by atoms with van der Waals surface area (Å²) in [4.78, 5) is 0. The van der Waals surface area contributed by atoms with Crippen LogP contribution in [0.5, 0.6) is 5.75 Å². The molecular weight excluding hydrogens is 328 g/mol. The molecule has 1 aliphatic heterocycles. The molecular formula is C17H25BrN2O. The Morgan fingerprint density at radius 1 is 1.19 bits per heavy atom. The van der Waals surface area contributed by atoms with Gasteiger partial charge in [0.2, 0.25) is 0 Å². The van der Waals surface area contributed by atoms with Gasteiger partial charge in [-0.3, -0.25) is 0 Å². The summed E-state index contributed by atoms with van der Waals surface area (Å²) >= 11 is 3.56. The van der Waals surface area contributed by atoms with Crippen LogP contribution < -0.4 is 15.4 Å². The van der Waals surface area contributed by atoms with Gasteiger partial charge in [0.1, 0.15) is 5.75 Å². The molecule has 2 aliphatic rings. The Bertz CT molecular complexity index is 474. The van der Waals surface area contributed by atoms with Crippen LogP contribution >= 0.6 is 15.9 Å². The van der Waals surface area contributed by atoms with Gasteiger partial charge in [-0.25, -0.2) is 0 Å². The monoisotopic (exact) mass is 352 g/mol. The molecule has 1 saturated carbocycles. The predicted molar refractivity (Wildman–Crippen MR) is 91.1 cm³/mol. The molecule has 0 radical (unpaired) electrons. The minimum atomic E-state index is 0.553. The Kier molecular flexibility index (Phi) is 5.07. The van der Waals surface area contributed by atoms with E-state index >= 15 is 0 Å². The van der Waals surface area contributed by atoms with Crippen molar-refractivity contribution < 1.29 is 4.74 Å². The van der Waals surface area contributed by atoms with Gasteiger partial charge in [-0.15, -0.1) is 0 Å². The van der Waals surface area contributed by atoms with E-state index in [0.717, 1.165) is 21.8 Å². The molecule has 2 N–H and O–H groups in total. The van der Waals surface area contributed by atoms with Gasteiger partial charge in [0.05, 0.1) is 12.8 Å². The predicted octanol–water partition coefficient (Wildman–Crippen LogP) is 4.18. The molecule has 4 heteroatoms. The molecule has 1 aliphatic carbocycles. The van der Waals surface area contributed by atoms with Crippen molar-refractivity contribution in [2.24, 2.45) is 5.92 Å². The zero-order valence-electron chi connectivity index (χ0n) is 12.7. The van der Waals surface area contributed by atoms with E-state index in [9.17, 15) is 0 Å². The number of rotatable bonds is 4. The van der Waals surface area contributed by atoms with E-state index < -0.39 is 0 Å². The highest BCUT2D eigenvalue weighted by molar-refractivity contribution is 9.10. The van der Waals surface area contributed by atoms with Crippen molar-refractivity contribution in [3.05, 3.63) is 22.7 Å². The first kappa shape index (κ1) is 15.2. The third-order valence-corrected chi connectivity index (χ3v) is 5.43. The third kappa shape index (κ3) is 3.54. The van der Waals surface area contributed by atoms with E-state index in [1.54, 1.807) is 7.11 Å². The smallest absolute Gasteiger partial charge is 0.142 e. The van der Waals surface area contributed by atoms with Crippen LogP contribution in [-0.4, -0.2) is 25.7 Å². The maximum atomic E-state index is 5.50. The fourth-order valence-electron chi connectivity index (χ4n) is 3.89. The number of benzene rings is 1. The molecule has 1 heterocycles. The molecule has 0 amide bonds. The first-order chi connectivity index (χ1) is 10.3. The van der Waals surface area contributed by atoms with Crippen molar-refractivity contribution in [3.8, 4) is 5.75 Å². The lowest BCUT2D eigenvalue weighted by molar-refractivity contribution is 0.262. The van der Waals surface area contributed by atoms with Crippen LogP contribution in [0.15, 0.2) is 22.7 Å². The number of hydrogen-bond acceptors (Lipinski definition) is 3. The molecule has 3 unspecified atom stereocenters. The maximum absolute atomic E-state index is 5.50. The standard InChI is InChI=1S/C17H25BrN2O/c1-21-17-9-8-12(18)11-16(17)20-15-6-3-2-5-13(15)14-7-4-10-19-14/h8-9,11,13-15,19-20H,2-7,10H2,1H3. The molecule has 3 atom stereocenters. The summed E-state index contributed by atoms with van der Waals surface area (Å²) in [5.41, 5.74) is 1.11. The number of nitrogens with one attached hydrogen (secondary N) is 2. The van der Waals surface area contributed by atoms with Gasteiger partial charge >= 0.3 is 0 Å². The van der Waals surface area contributed by atoms with Gasteiger partial charge in [-0.1, -0.05) is 28.8 Å². The van der Waals surface area contributed by atoms with Crippen LogP contribution in [0.2, 0.25) is 0 Å². The molecule has 1 saturated heterocycles. The third-order valence-electron chi connectivity index (χ3n) is 4.94. The molecule has 1 aromatic rings. The van der Waals surface area contributed by atoms with Crippen molar-refractivity contribution >= 4 is 21.6 Å². The summed E-state index contributed by atoms with van der Waals surface area (Å²) in [6, 6.07) is 7.43. The van der Waals surface area contributed by atoms with Crippen LogP contribution in [0, 0.1) is 5.92 Å².